The van der Waals surface area contributed by atoms with Crippen molar-refractivity contribution in [3.05, 3.63) is 0 Å². The number of rotatable bonds is 2. The van der Waals surface area contributed by atoms with Crippen molar-refractivity contribution in [3.8, 4) is 6.07 Å². The zero-order valence-corrected chi connectivity index (χ0v) is 11.2. The van der Waals surface area contributed by atoms with Gasteiger partial charge in [0.2, 0.25) is 5.91 Å². The van der Waals surface area contributed by atoms with E-state index in [4.69, 9.17) is 4.74 Å². The Morgan fingerprint density at radius 2 is 1.95 bits per heavy atom. The van der Waals surface area contributed by atoms with Crippen LogP contribution in [0.2, 0.25) is 0 Å². The van der Waals surface area contributed by atoms with E-state index in [-0.39, 0.29) is 11.9 Å². The highest BCUT2D eigenvalue weighted by Gasteiger charge is 2.41. The molecule has 0 radical (unpaired) electrons. The minimum Gasteiger partial charge on any atom is -0.391 e. The maximum absolute atomic E-state index is 12.4. The second-order valence-corrected chi connectivity index (χ2v) is 5.59. The third kappa shape index (κ3) is 3.26. The van der Waals surface area contributed by atoms with Gasteiger partial charge in [-0.25, -0.2) is 0 Å². The molecule has 1 heterocycles. The standard InChI is InChI=1S/C14H22N2O3/c15-10-14(6-8-19-9-7-14)13(18)16-11-4-2-1-3-5-12(11)17/h11-12,17H,1-9H2,(H,16,18). The fraction of sp³-hybridized carbons (Fsp3) is 0.857. The second-order valence-electron chi connectivity index (χ2n) is 5.59. The summed E-state index contributed by atoms with van der Waals surface area (Å²) >= 11 is 0. The van der Waals surface area contributed by atoms with Gasteiger partial charge in [0, 0.05) is 13.2 Å². The molecule has 19 heavy (non-hydrogen) atoms. The molecule has 5 nitrogen and oxygen atoms in total. The van der Waals surface area contributed by atoms with Crippen LogP contribution in [0.3, 0.4) is 0 Å². The van der Waals surface area contributed by atoms with Gasteiger partial charge >= 0.3 is 0 Å². The third-order valence-corrected chi connectivity index (χ3v) is 4.29. The van der Waals surface area contributed by atoms with Crippen LogP contribution in [0.4, 0.5) is 0 Å². The molecule has 1 aliphatic carbocycles. The minimum atomic E-state index is -0.968. The van der Waals surface area contributed by atoms with E-state index in [9.17, 15) is 15.2 Å². The third-order valence-electron chi connectivity index (χ3n) is 4.29. The summed E-state index contributed by atoms with van der Waals surface area (Å²) in [6.07, 6.45) is 5.05. The van der Waals surface area contributed by atoms with Crippen LogP contribution in [0.1, 0.15) is 44.9 Å². The van der Waals surface area contributed by atoms with Crippen molar-refractivity contribution in [2.75, 3.05) is 13.2 Å². The number of hydrogen-bond donors (Lipinski definition) is 2. The van der Waals surface area contributed by atoms with Gasteiger partial charge < -0.3 is 15.2 Å². The van der Waals surface area contributed by atoms with Crippen LogP contribution >= 0.6 is 0 Å². The fourth-order valence-corrected chi connectivity index (χ4v) is 2.87. The van der Waals surface area contributed by atoms with Crippen molar-refractivity contribution in [3.63, 3.8) is 0 Å². The number of hydrogen-bond acceptors (Lipinski definition) is 4. The summed E-state index contributed by atoms with van der Waals surface area (Å²) in [4.78, 5) is 12.4. The molecule has 0 aromatic carbocycles. The summed E-state index contributed by atoms with van der Waals surface area (Å²) < 4.78 is 5.23. The molecule has 2 fully saturated rings. The predicted molar refractivity (Wildman–Crippen MR) is 69.1 cm³/mol. The summed E-state index contributed by atoms with van der Waals surface area (Å²) in [5, 5.41) is 22.3. The van der Waals surface area contributed by atoms with Gasteiger partial charge in [-0.1, -0.05) is 19.3 Å². The Morgan fingerprint density at radius 1 is 1.26 bits per heavy atom. The summed E-state index contributed by atoms with van der Waals surface area (Å²) in [5.41, 5.74) is -0.968. The number of carbonyl (C=O) groups excluding carboxylic acids is 1. The first kappa shape index (κ1) is 14.3. The van der Waals surface area contributed by atoms with Gasteiger partial charge in [-0.05, 0) is 25.7 Å². The van der Waals surface area contributed by atoms with Crippen LogP contribution in [-0.4, -0.2) is 36.4 Å². The van der Waals surface area contributed by atoms with E-state index < -0.39 is 11.5 Å². The fourth-order valence-electron chi connectivity index (χ4n) is 2.87. The van der Waals surface area contributed by atoms with Gasteiger partial charge in [0.15, 0.2) is 0 Å². The quantitative estimate of drug-likeness (QED) is 0.734. The van der Waals surface area contributed by atoms with Crippen molar-refractivity contribution in [2.24, 2.45) is 5.41 Å². The van der Waals surface area contributed by atoms with E-state index in [0.717, 1.165) is 32.1 Å². The van der Waals surface area contributed by atoms with Gasteiger partial charge in [0.05, 0.1) is 18.2 Å². The first-order chi connectivity index (χ1) is 9.18. The molecule has 2 atom stereocenters. The van der Waals surface area contributed by atoms with Gasteiger partial charge in [0.25, 0.3) is 0 Å². The average molecular weight is 266 g/mol. The molecule has 2 rings (SSSR count). The van der Waals surface area contributed by atoms with Crippen molar-refractivity contribution in [1.82, 2.24) is 5.32 Å². The van der Waals surface area contributed by atoms with Crippen LogP contribution < -0.4 is 5.32 Å². The van der Waals surface area contributed by atoms with Crippen molar-refractivity contribution >= 4 is 5.91 Å². The lowest BCUT2D eigenvalue weighted by Gasteiger charge is -2.32. The Bertz CT molecular complexity index is 358. The summed E-state index contributed by atoms with van der Waals surface area (Å²) in [6.45, 7) is 0.905. The first-order valence-corrected chi connectivity index (χ1v) is 7.16. The molecule has 0 aromatic rings. The van der Waals surface area contributed by atoms with E-state index in [1.807, 2.05) is 0 Å². The lowest BCUT2D eigenvalue weighted by atomic mass is 9.80. The molecule has 2 unspecified atom stereocenters. The summed E-state index contributed by atoms with van der Waals surface area (Å²) in [6, 6.07) is 1.96. The Morgan fingerprint density at radius 3 is 2.63 bits per heavy atom. The van der Waals surface area contributed by atoms with Gasteiger partial charge in [-0.3, -0.25) is 4.79 Å². The number of ether oxygens (including phenoxy) is 1. The number of nitrogens with one attached hydrogen (secondary N) is 1. The molecular weight excluding hydrogens is 244 g/mol. The van der Waals surface area contributed by atoms with E-state index in [0.29, 0.717) is 26.1 Å². The van der Waals surface area contributed by atoms with Crippen LogP contribution in [0.15, 0.2) is 0 Å². The lowest BCUT2D eigenvalue weighted by molar-refractivity contribution is -0.134. The highest BCUT2D eigenvalue weighted by molar-refractivity contribution is 5.85. The number of nitriles is 1. The molecule has 2 aliphatic rings. The van der Waals surface area contributed by atoms with Gasteiger partial charge in [-0.2, -0.15) is 5.26 Å². The van der Waals surface area contributed by atoms with Crippen LogP contribution in [0.5, 0.6) is 0 Å². The van der Waals surface area contributed by atoms with Crippen LogP contribution in [-0.2, 0) is 9.53 Å². The molecule has 1 amide bonds. The normalized spacial score (nSPS) is 30.9. The molecule has 1 saturated heterocycles. The predicted octanol–water partition coefficient (Wildman–Crippen LogP) is 1.12. The van der Waals surface area contributed by atoms with Crippen LogP contribution in [0, 0.1) is 16.7 Å². The Kier molecular flexibility index (Phi) is 4.78. The van der Waals surface area contributed by atoms with Crippen molar-refractivity contribution in [1.29, 1.82) is 5.26 Å². The van der Waals surface area contributed by atoms with E-state index in [2.05, 4.69) is 11.4 Å². The largest absolute Gasteiger partial charge is 0.391 e. The van der Waals surface area contributed by atoms with Crippen LogP contribution in [0.25, 0.3) is 0 Å². The van der Waals surface area contributed by atoms with Crippen molar-refractivity contribution < 1.29 is 14.6 Å². The molecule has 2 N–H and O–H groups in total. The zero-order valence-electron chi connectivity index (χ0n) is 11.2. The average Bonchev–Trinajstić information content (AvgIpc) is 2.65. The van der Waals surface area contributed by atoms with E-state index in [1.165, 1.54) is 0 Å². The molecule has 1 saturated carbocycles. The smallest absolute Gasteiger partial charge is 0.240 e. The van der Waals surface area contributed by atoms with Gasteiger partial charge in [-0.15, -0.1) is 0 Å². The summed E-state index contributed by atoms with van der Waals surface area (Å²) in [7, 11) is 0. The Labute approximate surface area is 113 Å². The molecule has 106 valence electrons. The maximum Gasteiger partial charge on any atom is 0.240 e. The SMILES string of the molecule is N#CC1(C(=O)NC2CCCCCC2O)CCOCC1. The summed E-state index contributed by atoms with van der Waals surface area (Å²) in [5.74, 6) is -0.232. The molecule has 0 bridgehead atoms. The topological polar surface area (TPSA) is 82.4 Å². The number of carbonyl (C=O) groups is 1. The molecule has 5 heteroatoms. The van der Waals surface area contributed by atoms with E-state index in [1.54, 1.807) is 0 Å². The highest BCUT2D eigenvalue weighted by Crippen LogP contribution is 2.30. The highest BCUT2D eigenvalue weighted by atomic mass is 16.5. The van der Waals surface area contributed by atoms with Gasteiger partial charge in [0.1, 0.15) is 5.41 Å². The van der Waals surface area contributed by atoms with E-state index >= 15 is 0 Å². The lowest BCUT2D eigenvalue weighted by Crippen LogP contribution is -2.50. The number of nitrogens with zero attached hydrogens (tertiary/aromatic N) is 1. The minimum absolute atomic E-state index is 0.205. The molecular formula is C14H22N2O3. The molecule has 0 spiro atoms. The Balaban J connectivity index is 2.00. The molecule has 1 aliphatic heterocycles. The molecule has 0 aromatic heterocycles. The first-order valence-electron chi connectivity index (χ1n) is 7.16. The second kappa shape index (κ2) is 6.36. The number of amides is 1. The zero-order chi connectivity index (χ0) is 13.7. The number of aliphatic hydroxyl groups is 1. The Hall–Kier alpha value is -1.12. The van der Waals surface area contributed by atoms with Crippen molar-refractivity contribution in [2.45, 2.75) is 57.1 Å². The number of aliphatic hydroxyl groups excluding tert-OH is 1. The monoisotopic (exact) mass is 266 g/mol. The maximum atomic E-state index is 12.4.